The average Bonchev–Trinajstić information content (AvgIpc) is 3.80. The summed E-state index contributed by atoms with van der Waals surface area (Å²) in [4.78, 5) is 33.2. The third kappa shape index (κ3) is 9.73. The van der Waals surface area contributed by atoms with Crippen molar-refractivity contribution < 1.29 is 26.4 Å². The summed E-state index contributed by atoms with van der Waals surface area (Å²) in [5.74, 6) is -1.48. The van der Waals surface area contributed by atoms with E-state index in [2.05, 4.69) is 30.6 Å². The Morgan fingerprint density at radius 1 is 0.932 bits per heavy atom. The Balaban J connectivity index is 0.00000529. The van der Waals surface area contributed by atoms with Crippen molar-refractivity contribution in [2.75, 3.05) is 16.4 Å². The molecule has 1 atom stereocenters. The normalized spacial score (nSPS) is 13.8. The maximum atomic E-state index is 12.6. The molecule has 15 heteroatoms. The molecular weight excluding hydrogens is 615 g/mol. The monoisotopic (exact) mass is 652 g/mol. The zero-order chi connectivity index (χ0) is 31.4. The number of nitrogens with one attached hydrogen (secondary N) is 4. The predicted molar refractivity (Wildman–Crippen MR) is 171 cm³/mol. The van der Waals surface area contributed by atoms with Crippen LogP contribution in [0.5, 0.6) is 0 Å². The standard InChI is InChI=1S/C29H36N6O6S2.Na.H/c1-18(2)27(36)35-43(40,41)25-10-6-9-23(14-25)33-29-31-15-19(3)26(34-29)32-22-8-5-7-21(13-22)16-30-28(37)20(4)17-42(38,39)24-11-12-24;;/h5-10,13-15,18,20,24H,11-12,16-17H2,1-4H3,(H,30,37)(H,35,36)(H2,31,32,33,34);;. The quantitative estimate of drug-likeness (QED) is 0.201. The topological polar surface area (TPSA) is 176 Å². The first-order valence-electron chi connectivity index (χ1n) is 13.9. The third-order valence-electron chi connectivity index (χ3n) is 6.75. The molecule has 0 bridgehead atoms. The Bertz CT molecular complexity index is 1730. The second-order valence-corrected chi connectivity index (χ2v) is 15.0. The summed E-state index contributed by atoms with van der Waals surface area (Å²) in [6, 6.07) is 13.3. The number of hydrogen-bond acceptors (Lipinski definition) is 10. The van der Waals surface area contributed by atoms with Crippen molar-refractivity contribution in [1.29, 1.82) is 0 Å². The summed E-state index contributed by atoms with van der Waals surface area (Å²) in [6.45, 7) is 6.89. The van der Waals surface area contributed by atoms with Crippen LogP contribution in [0.25, 0.3) is 0 Å². The molecule has 0 saturated heterocycles. The van der Waals surface area contributed by atoms with Gasteiger partial charge in [-0.25, -0.2) is 26.5 Å². The second kappa shape index (κ2) is 14.8. The first kappa shape index (κ1) is 35.4. The van der Waals surface area contributed by atoms with E-state index in [4.69, 9.17) is 0 Å². The fourth-order valence-electron chi connectivity index (χ4n) is 4.05. The Hall–Kier alpha value is -3.04. The number of carbonyl (C=O) groups is 2. The summed E-state index contributed by atoms with van der Waals surface area (Å²) in [7, 11) is -7.28. The summed E-state index contributed by atoms with van der Waals surface area (Å²) >= 11 is 0. The first-order chi connectivity index (χ1) is 20.2. The zero-order valence-electron chi connectivity index (χ0n) is 24.4. The number of sulfone groups is 1. The summed E-state index contributed by atoms with van der Waals surface area (Å²) in [6.07, 6.45) is 2.97. The number of rotatable bonds is 13. The van der Waals surface area contributed by atoms with Crippen molar-refractivity contribution >= 4 is 84.4 Å². The number of nitrogens with zero attached hydrogens (tertiary/aromatic N) is 2. The van der Waals surface area contributed by atoms with Crippen LogP contribution in [0, 0.1) is 18.8 Å². The Morgan fingerprint density at radius 3 is 2.25 bits per heavy atom. The van der Waals surface area contributed by atoms with Gasteiger partial charge in [0.1, 0.15) is 5.82 Å². The summed E-state index contributed by atoms with van der Waals surface area (Å²) < 4.78 is 51.8. The molecule has 0 aliphatic heterocycles. The molecule has 1 aliphatic carbocycles. The summed E-state index contributed by atoms with van der Waals surface area (Å²) in [5.41, 5.74) is 2.68. The number of hydrogen-bond donors (Lipinski definition) is 4. The van der Waals surface area contributed by atoms with E-state index in [0.717, 1.165) is 11.1 Å². The molecule has 1 heterocycles. The van der Waals surface area contributed by atoms with Gasteiger partial charge in [-0.1, -0.05) is 39.0 Å². The first-order valence-corrected chi connectivity index (χ1v) is 17.1. The van der Waals surface area contributed by atoms with Crippen LogP contribution >= 0.6 is 0 Å². The van der Waals surface area contributed by atoms with E-state index in [1.807, 2.05) is 31.2 Å². The van der Waals surface area contributed by atoms with Crippen molar-refractivity contribution in [1.82, 2.24) is 20.0 Å². The van der Waals surface area contributed by atoms with E-state index < -0.39 is 37.6 Å². The molecule has 232 valence electrons. The van der Waals surface area contributed by atoms with Gasteiger partial charge in [0, 0.05) is 41.5 Å². The minimum absolute atomic E-state index is 0. The SMILES string of the molecule is Cc1cnc(Nc2cccc(S(=O)(=O)NC(=O)C(C)C)c2)nc1Nc1cccc(CNC(=O)C(C)CS(=O)(=O)C2CC2)c1.[NaH]. The van der Waals surface area contributed by atoms with E-state index in [1.54, 1.807) is 39.1 Å². The average molecular weight is 653 g/mol. The van der Waals surface area contributed by atoms with Crippen LogP contribution in [-0.4, -0.2) is 79.2 Å². The van der Waals surface area contributed by atoms with Gasteiger partial charge in [-0.3, -0.25) is 9.59 Å². The van der Waals surface area contributed by atoms with Crippen LogP contribution in [0.2, 0.25) is 0 Å². The molecule has 3 aromatic rings. The number of amides is 2. The van der Waals surface area contributed by atoms with Gasteiger partial charge in [0.25, 0.3) is 10.0 Å². The number of sulfonamides is 1. The van der Waals surface area contributed by atoms with Crippen LogP contribution in [-0.2, 0) is 36.0 Å². The molecule has 4 N–H and O–H groups in total. The molecule has 1 aliphatic rings. The van der Waals surface area contributed by atoms with Crippen LogP contribution in [0.3, 0.4) is 0 Å². The van der Waals surface area contributed by atoms with E-state index >= 15 is 0 Å². The van der Waals surface area contributed by atoms with Gasteiger partial charge in [-0.05, 0) is 55.7 Å². The molecule has 0 radical (unpaired) electrons. The van der Waals surface area contributed by atoms with Gasteiger partial charge in [0.2, 0.25) is 17.8 Å². The molecule has 4 rings (SSSR count). The number of benzene rings is 2. The molecule has 2 amide bonds. The van der Waals surface area contributed by atoms with Crippen molar-refractivity contribution in [3.8, 4) is 0 Å². The van der Waals surface area contributed by atoms with Gasteiger partial charge < -0.3 is 16.0 Å². The van der Waals surface area contributed by atoms with Gasteiger partial charge in [-0.2, -0.15) is 4.98 Å². The molecule has 1 unspecified atom stereocenters. The van der Waals surface area contributed by atoms with Crippen LogP contribution in [0.15, 0.2) is 59.6 Å². The van der Waals surface area contributed by atoms with Crippen LogP contribution in [0.4, 0.5) is 23.1 Å². The zero-order valence-corrected chi connectivity index (χ0v) is 26.1. The fraction of sp³-hybridized carbons (Fsp3) is 0.379. The Morgan fingerprint density at radius 2 is 1.59 bits per heavy atom. The van der Waals surface area contributed by atoms with Crippen LogP contribution in [0.1, 0.15) is 44.7 Å². The molecule has 1 aromatic heterocycles. The molecule has 1 fully saturated rings. The van der Waals surface area contributed by atoms with Gasteiger partial charge in [0.15, 0.2) is 9.84 Å². The number of aromatic nitrogens is 2. The number of carbonyl (C=O) groups excluding carboxylic acids is 2. The van der Waals surface area contributed by atoms with Gasteiger partial charge in [-0.15, -0.1) is 0 Å². The fourth-order valence-corrected chi connectivity index (χ4v) is 7.19. The summed E-state index contributed by atoms with van der Waals surface area (Å²) in [5, 5.41) is 8.76. The molecule has 0 spiro atoms. The van der Waals surface area contributed by atoms with Crippen LogP contribution < -0.4 is 20.7 Å². The molecule has 2 aromatic carbocycles. The maximum absolute atomic E-state index is 12.6. The van der Waals surface area contributed by atoms with Crippen molar-refractivity contribution in [3.63, 3.8) is 0 Å². The van der Waals surface area contributed by atoms with E-state index in [1.165, 1.54) is 12.1 Å². The molecular formula is C29H37N6NaO6S2. The van der Waals surface area contributed by atoms with Gasteiger partial charge in [0.05, 0.1) is 15.9 Å². The Kier molecular flexibility index (Phi) is 11.9. The van der Waals surface area contributed by atoms with E-state index in [0.29, 0.717) is 30.0 Å². The molecule has 44 heavy (non-hydrogen) atoms. The van der Waals surface area contributed by atoms with Gasteiger partial charge >= 0.3 is 29.6 Å². The van der Waals surface area contributed by atoms with Crippen molar-refractivity contribution in [3.05, 3.63) is 65.9 Å². The number of aryl methyl sites for hydroxylation is 1. The van der Waals surface area contributed by atoms with Crippen molar-refractivity contribution in [2.24, 2.45) is 11.8 Å². The molecule has 1 saturated carbocycles. The van der Waals surface area contributed by atoms with E-state index in [9.17, 15) is 26.4 Å². The Labute approximate surface area is 280 Å². The molecule has 12 nitrogen and oxygen atoms in total. The minimum atomic E-state index is -4.05. The predicted octanol–water partition coefficient (Wildman–Crippen LogP) is 2.91. The third-order valence-corrected chi connectivity index (χ3v) is 10.5. The second-order valence-electron chi connectivity index (χ2n) is 11.0. The van der Waals surface area contributed by atoms with E-state index in [-0.39, 0.29) is 63.9 Å². The number of anilines is 4. The van der Waals surface area contributed by atoms with Crippen molar-refractivity contribution in [2.45, 2.75) is 57.2 Å².